The lowest BCUT2D eigenvalue weighted by Gasteiger charge is -2.21. The van der Waals surface area contributed by atoms with Crippen LogP contribution in [0.1, 0.15) is 25.0 Å². The molecule has 0 atom stereocenters. The number of ether oxygens (including phenoxy) is 2. The van der Waals surface area contributed by atoms with Crippen LogP contribution in [-0.2, 0) is 22.6 Å². The summed E-state index contributed by atoms with van der Waals surface area (Å²) >= 11 is 1.23. The molecule has 0 unspecified atom stereocenters. The van der Waals surface area contributed by atoms with Crippen molar-refractivity contribution in [3.05, 3.63) is 29.1 Å². The Balaban J connectivity index is 1.36. The van der Waals surface area contributed by atoms with Gasteiger partial charge in [-0.05, 0) is 38.0 Å². The largest absolute Gasteiger partial charge is 0.467 e. The predicted octanol–water partition coefficient (Wildman–Crippen LogP) is 1.84. The predicted molar refractivity (Wildman–Crippen MR) is 121 cm³/mol. The molecule has 3 N–H and O–H groups in total. The van der Waals surface area contributed by atoms with E-state index in [4.69, 9.17) is 9.47 Å². The molecule has 0 bridgehead atoms. The van der Waals surface area contributed by atoms with Crippen molar-refractivity contribution >= 4 is 35.3 Å². The molecule has 3 aromatic rings. The molecule has 0 saturated carbocycles. The molecule has 1 aromatic carbocycles. The summed E-state index contributed by atoms with van der Waals surface area (Å²) in [5.41, 5.74) is 1.38. The lowest BCUT2D eigenvalue weighted by molar-refractivity contribution is -0.118. The van der Waals surface area contributed by atoms with E-state index in [1.807, 2.05) is 13.8 Å². The van der Waals surface area contributed by atoms with E-state index in [2.05, 4.69) is 36.1 Å². The van der Waals surface area contributed by atoms with Crippen molar-refractivity contribution in [1.82, 2.24) is 29.9 Å². The Morgan fingerprint density at radius 2 is 2.06 bits per heavy atom. The maximum atomic E-state index is 13.9. The van der Waals surface area contributed by atoms with E-state index in [9.17, 15) is 9.18 Å². The summed E-state index contributed by atoms with van der Waals surface area (Å²) in [6, 6.07) is 2.83. The van der Waals surface area contributed by atoms with E-state index >= 15 is 0 Å². The van der Waals surface area contributed by atoms with E-state index < -0.39 is 0 Å². The summed E-state index contributed by atoms with van der Waals surface area (Å²) in [4.78, 5) is 21.2. The molecule has 3 heterocycles. The van der Waals surface area contributed by atoms with Crippen molar-refractivity contribution in [2.45, 2.75) is 32.0 Å². The average molecular weight is 477 g/mol. The van der Waals surface area contributed by atoms with Crippen LogP contribution in [0.15, 0.2) is 17.3 Å². The number of thioether (sulfide) groups is 1. The first kappa shape index (κ1) is 23.0. The van der Waals surface area contributed by atoms with Crippen LogP contribution in [-0.4, -0.2) is 62.7 Å². The third kappa shape index (κ3) is 5.42. The van der Waals surface area contributed by atoms with Crippen molar-refractivity contribution in [1.29, 1.82) is 0 Å². The van der Waals surface area contributed by atoms with Crippen LogP contribution in [0.25, 0.3) is 5.78 Å². The number of hydrogen-bond acceptors (Lipinski definition) is 10. The number of nitrogens with one attached hydrogen (secondary N) is 3. The highest BCUT2D eigenvalue weighted by Gasteiger charge is 2.18. The van der Waals surface area contributed by atoms with Crippen molar-refractivity contribution in [3.8, 4) is 5.75 Å². The smallest absolute Gasteiger partial charge is 0.261 e. The second-order valence-corrected chi connectivity index (χ2v) is 8.04. The minimum absolute atomic E-state index is 0.132. The molecule has 2 aromatic heterocycles. The maximum absolute atomic E-state index is 13.9. The van der Waals surface area contributed by atoms with Gasteiger partial charge in [-0.3, -0.25) is 4.79 Å². The average Bonchev–Trinajstić information content (AvgIpc) is 3.21. The molecule has 13 heteroatoms. The number of aromatic nitrogens is 5. The zero-order valence-electron chi connectivity index (χ0n) is 18.4. The fourth-order valence-electron chi connectivity index (χ4n) is 3.36. The van der Waals surface area contributed by atoms with E-state index in [-0.39, 0.29) is 24.3 Å². The monoisotopic (exact) mass is 476 g/mol. The summed E-state index contributed by atoms with van der Waals surface area (Å²) in [7, 11) is 0. The van der Waals surface area contributed by atoms with Crippen LogP contribution in [0.4, 0.5) is 16.3 Å². The zero-order valence-corrected chi connectivity index (χ0v) is 19.2. The molecule has 176 valence electrons. The van der Waals surface area contributed by atoms with Gasteiger partial charge in [0.05, 0.1) is 12.4 Å². The Bertz CT molecular complexity index is 1140. The molecular weight excluding hydrogens is 451 g/mol. The Morgan fingerprint density at radius 3 is 2.88 bits per heavy atom. The van der Waals surface area contributed by atoms with Gasteiger partial charge >= 0.3 is 0 Å². The van der Waals surface area contributed by atoms with Crippen molar-refractivity contribution < 1.29 is 18.7 Å². The molecule has 33 heavy (non-hydrogen) atoms. The van der Waals surface area contributed by atoms with E-state index in [1.165, 1.54) is 23.9 Å². The van der Waals surface area contributed by atoms with Gasteiger partial charge in [0, 0.05) is 25.2 Å². The Morgan fingerprint density at radius 1 is 1.21 bits per heavy atom. The van der Waals surface area contributed by atoms with Crippen LogP contribution in [0, 0.1) is 5.82 Å². The first-order valence-corrected chi connectivity index (χ1v) is 11.6. The number of carbonyl (C=O) groups is 1. The lowest BCUT2D eigenvalue weighted by Crippen LogP contribution is -2.27. The first-order chi connectivity index (χ1) is 16.1. The molecule has 0 fully saturated rings. The van der Waals surface area contributed by atoms with Gasteiger partial charge in [0.15, 0.2) is 11.9 Å². The number of hydrogen-bond donors (Lipinski definition) is 3. The molecule has 0 saturated heterocycles. The van der Waals surface area contributed by atoms with Crippen molar-refractivity contribution in [2.24, 2.45) is 0 Å². The number of nitrogens with zero attached hydrogens (tertiary/aromatic N) is 5. The third-order valence-corrected chi connectivity index (χ3v) is 5.65. The Labute approximate surface area is 193 Å². The second kappa shape index (κ2) is 10.6. The van der Waals surface area contributed by atoms with Gasteiger partial charge in [0.25, 0.3) is 5.78 Å². The van der Waals surface area contributed by atoms with Crippen molar-refractivity contribution in [3.63, 3.8) is 0 Å². The number of anilines is 2. The fourth-order valence-corrected chi connectivity index (χ4v) is 4.12. The molecule has 4 rings (SSSR count). The maximum Gasteiger partial charge on any atom is 0.261 e. The summed E-state index contributed by atoms with van der Waals surface area (Å²) in [5.74, 6) is 1.63. The molecule has 0 radical (unpaired) electrons. The van der Waals surface area contributed by atoms with E-state index in [0.29, 0.717) is 72.4 Å². The summed E-state index contributed by atoms with van der Waals surface area (Å²) in [6.07, 6.45) is 0.440. The summed E-state index contributed by atoms with van der Waals surface area (Å²) in [6.45, 7) is 6.03. The number of amides is 1. The minimum atomic E-state index is -0.352. The minimum Gasteiger partial charge on any atom is -0.467 e. The van der Waals surface area contributed by atoms with Gasteiger partial charge in [0.2, 0.25) is 17.8 Å². The Hall–Kier alpha value is -3.19. The molecular formula is C20H25FN8O3S. The SMILES string of the molecule is CCNc1nc(NCC)n2c(SCC(=O)NCCc3cc(F)cc4c3OCOC4)nnc2n1. The van der Waals surface area contributed by atoms with Gasteiger partial charge in [-0.1, -0.05) is 11.8 Å². The summed E-state index contributed by atoms with van der Waals surface area (Å²) < 4.78 is 26.3. The molecule has 0 spiro atoms. The highest BCUT2D eigenvalue weighted by Crippen LogP contribution is 2.29. The summed E-state index contributed by atoms with van der Waals surface area (Å²) in [5, 5.41) is 17.8. The van der Waals surface area contributed by atoms with E-state index in [0.717, 1.165) is 0 Å². The van der Waals surface area contributed by atoms with Crippen molar-refractivity contribution in [2.75, 3.05) is 42.8 Å². The van der Waals surface area contributed by atoms with Crippen LogP contribution in [0.3, 0.4) is 0 Å². The normalized spacial score (nSPS) is 12.8. The molecule has 11 nitrogen and oxygen atoms in total. The highest BCUT2D eigenvalue weighted by molar-refractivity contribution is 7.99. The van der Waals surface area contributed by atoms with Gasteiger partial charge in [-0.15, -0.1) is 10.2 Å². The first-order valence-electron chi connectivity index (χ1n) is 10.6. The second-order valence-electron chi connectivity index (χ2n) is 7.10. The zero-order chi connectivity index (χ0) is 23.2. The third-order valence-electron chi connectivity index (χ3n) is 4.72. The number of rotatable bonds is 10. The topological polar surface area (TPSA) is 128 Å². The molecule has 1 amide bonds. The highest BCUT2D eigenvalue weighted by atomic mass is 32.2. The van der Waals surface area contributed by atoms with Crippen LogP contribution in [0.5, 0.6) is 5.75 Å². The fraction of sp³-hybridized carbons (Fsp3) is 0.450. The van der Waals surface area contributed by atoms with Crippen LogP contribution in [0.2, 0.25) is 0 Å². The van der Waals surface area contributed by atoms with Gasteiger partial charge in [-0.2, -0.15) is 9.97 Å². The van der Waals surface area contributed by atoms with Gasteiger partial charge in [0.1, 0.15) is 11.6 Å². The lowest BCUT2D eigenvalue weighted by atomic mass is 10.1. The van der Waals surface area contributed by atoms with E-state index in [1.54, 1.807) is 4.40 Å². The number of carbonyl (C=O) groups excluding carboxylic acids is 1. The Kier molecular flexibility index (Phi) is 7.40. The van der Waals surface area contributed by atoms with Crippen LogP contribution >= 0.6 is 11.8 Å². The van der Waals surface area contributed by atoms with Gasteiger partial charge in [-0.25, -0.2) is 8.79 Å². The van der Waals surface area contributed by atoms with Crippen LogP contribution < -0.4 is 20.7 Å². The molecule has 1 aliphatic rings. The standard InChI is InChI=1S/C20H25FN8O3S/c1-3-22-17-25-18(23-4-2)29-19(26-17)27-28-20(29)33-10-15(30)24-6-5-12-7-14(21)8-13-9-31-11-32-16(12)13/h7-8H,3-6,9-11H2,1-2H3,(H,24,30)(H2,22,23,25,26,27). The number of halogens is 1. The van der Waals surface area contributed by atoms with Gasteiger partial charge < -0.3 is 25.4 Å². The quantitative estimate of drug-likeness (QED) is 0.373. The molecule has 0 aliphatic carbocycles. The number of fused-ring (bicyclic) bond motifs is 2. The number of benzene rings is 1. The molecule has 1 aliphatic heterocycles.